The number of anilines is 1. The lowest BCUT2D eigenvalue weighted by Crippen LogP contribution is -2.41. The Hall–Kier alpha value is -4.31. The standard InChI is InChI=1S/C36H35NO3/c1-3-5-23-37(24-6-4-2)27-21-22-30-32(25-27)39-35-33(30)34(38)29-19-13-14-20-31(29)36(35,26-15-9-7-10-16-26)40-28-17-11-8-12-18-28/h7-22,25H,3-6,23-24H2,1-2H3. The van der Waals surface area contributed by atoms with Gasteiger partial charge in [-0.05, 0) is 37.1 Å². The van der Waals surface area contributed by atoms with Crippen molar-refractivity contribution >= 4 is 22.4 Å². The Labute approximate surface area is 236 Å². The van der Waals surface area contributed by atoms with E-state index < -0.39 is 5.60 Å². The third kappa shape index (κ3) is 4.38. The lowest BCUT2D eigenvalue weighted by atomic mass is 9.73. The third-order valence-electron chi connectivity index (χ3n) is 7.89. The number of rotatable bonds is 10. The summed E-state index contributed by atoms with van der Waals surface area (Å²) in [4.78, 5) is 16.6. The number of benzene rings is 4. The van der Waals surface area contributed by atoms with Crippen molar-refractivity contribution < 1.29 is 13.9 Å². The SMILES string of the molecule is CCCCN(CCCC)c1ccc2c3c(oc2c1)C(Oc1ccccc1)(c1ccccc1)c1ccccc1C3=O. The van der Waals surface area contributed by atoms with Gasteiger partial charge in [-0.2, -0.15) is 0 Å². The first kappa shape index (κ1) is 25.9. The maximum Gasteiger partial charge on any atom is 0.218 e. The van der Waals surface area contributed by atoms with E-state index in [0.717, 1.165) is 61.0 Å². The number of ketones is 1. The minimum absolute atomic E-state index is 0.0332. The van der Waals surface area contributed by atoms with Gasteiger partial charge in [-0.15, -0.1) is 0 Å². The van der Waals surface area contributed by atoms with Crippen LogP contribution in [0.2, 0.25) is 0 Å². The first-order valence-corrected chi connectivity index (χ1v) is 14.4. The minimum atomic E-state index is -1.13. The van der Waals surface area contributed by atoms with Crippen molar-refractivity contribution in [1.82, 2.24) is 0 Å². The number of hydrogen-bond donors (Lipinski definition) is 0. The highest BCUT2D eigenvalue weighted by Gasteiger charge is 2.51. The molecule has 0 radical (unpaired) electrons. The summed E-state index contributed by atoms with van der Waals surface area (Å²) in [5.74, 6) is 1.20. The van der Waals surface area contributed by atoms with E-state index in [9.17, 15) is 4.79 Å². The zero-order chi connectivity index (χ0) is 27.5. The third-order valence-corrected chi connectivity index (χ3v) is 7.89. The quantitative estimate of drug-likeness (QED) is 0.181. The summed E-state index contributed by atoms with van der Waals surface area (Å²) in [7, 11) is 0. The summed E-state index contributed by atoms with van der Waals surface area (Å²) < 4.78 is 13.8. The summed E-state index contributed by atoms with van der Waals surface area (Å²) in [6.07, 6.45) is 4.55. The lowest BCUT2D eigenvalue weighted by molar-refractivity contribution is 0.0953. The molecule has 1 unspecified atom stereocenters. The molecule has 4 nitrogen and oxygen atoms in total. The molecule has 0 aliphatic heterocycles. The summed E-state index contributed by atoms with van der Waals surface area (Å²) in [6, 6.07) is 34.0. The normalized spacial score (nSPS) is 16.0. The maximum atomic E-state index is 14.1. The van der Waals surface area contributed by atoms with Gasteiger partial charge in [0.15, 0.2) is 11.5 Å². The Bertz CT molecular complexity index is 1610. The van der Waals surface area contributed by atoms with Gasteiger partial charge in [0.05, 0.1) is 5.56 Å². The van der Waals surface area contributed by atoms with Crippen molar-refractivity contribution in [3.05, 3.63) is 131 Å². The molecule has 40 heavy (non-hydrogen) atoms. The second kappa shape index (κ2) is 11.1. The second-order valence-electron chi connectivity index (χ2n) is 10.5. The van der Waals surface area contributed by atoms with Crippen LogP contribution in [0.25, 0.3) is 11.0 Å². The van der Waals surface area contributed by atoms with Crippen molar-refractivity contribution in [3.8, 4) is 5.75 Å². The molecule has 202 valence electrons. The Balaban J connectivity index is 1.60. The van der Waals surface area contributed by atoms with Crippen LogP contribution in [0.3, 0.4) is 0 Å². The molecule has 0 N–H and O–H groups in total. The van der Waals surface area contributed by atoms with E-state index in [4.69, 9.17) is 9.15 Å². The molecule has 1 aliphatic rings. The number of nitrogens with zero attached hydrogens (tertiary/aromatic N) is 1. The largest absolute Gasteiger partial charge is 0.470 e. The van der Waals surface area contributed by atoms with Crippen molar-refractivity contribution in [2.24, 2.45) is 0 Å². The van der Waals surface area contributed by atoms with E-state index in [1.54, 1.807) is 0 Å². The fraction of sp³-hybridized carbons (Fsp3) is 0.250. The van der Waals surface area contributed by atoms with Crippen LogP contribution in [-0.4, -0.2) is 18.9 Å². The molecule has 5 aromatic rings. The number of para-hydroxylation sites is 1. The molecular weight excluding hydrogens is 494 g/mol. The summed E-state index contributed by atoms with van der Waals surface area (Å²) in [6.45, 7) is 6.44. The molecule has 1 heterocycles. The van der Waals surface area contributed by atoms with Gasteiger partial charge >= 0.3 is 0 Å². The molecule has 4 heteroatoms. The molecule has 1 aromatic heterocycles. The first-order chi connectivity index (χ1) is 19.7. The van der Waals surface area contributed by atoms with Crippen molar-refractivity contribution in [2.45, 2.75) is 45.1 Å². The summed E-state index contributed by atoms with van der Waals surface area (Å²) in [5.41, 5.74) is 3.61. The molecule has 0 saturated heterocycles. The fourth-order valence-corrected chi connectivity index (χ4v) is 5.85. The predicted molar refractivity (Wildman–Crippen MR) is 162 cm³/mol. The number of fused-ring (bicyclic) bond motifs is 4. The van der Waals surface area contributed by atoms with Gasteiger partial charge in [0.25, 0.3) is 0 Å². The second-order valence-corrected chi connectivity index (χ2v) is 10.5. The molecule has 6 rings (SSSR count). The van der Waals surface area contributed by atoms with Crippen LogP contribution in [0.1, 0.15) is 72.3 Å². The lowest BCUT2D eigenvalue weighted by Gasteiger charge is -2.38. The average molecular weight is 530 g/mol. The van der Waals surface area contributed by atoms with Crippen molar-refractivity contribution in [2.75, 3.05) is 18.0 Å². The topological polar surface area (TPSA) is 42.7 Å². The van der Waals surface area contributed by atoms with Gasteiger partial charge in [0.2, 0.25) is 5.60 Å². The molecule has 0 bridgehead atoms. The summed E-state index contributed by atoms with van der Waals surface area (Å²) >= 11 is 0. The highest BCUT2D eigenvalue weighted by Crippen LogP contribution is 2.50. The molecule has 0 spiro atoms. The number of carbonyl (C=O) groups is 1. The Kier molecular flexibility index (Phi) is 7.17. The van der Waals surface area contributed by atoms with Gasteiger partial charge in [0, 0.05) is 46.9 Å². The number of furan rings is 1. The number of carbonyl (C=O) groups excluding carboxylic acids is 1. The Morgan fingerprint density at radius 2 is 1.43 bits per heavy atom. The van der Waals surface area contributed by atoms with Crippen LogP contribution < -0.4 is 9.64 Å². The van der Waals surface area contributed by atoms with Gasteiger partial charge in [-0.1, -0.05) is 99.5 Å². The minimum Gasteiger partial charge on any atom is -0.470 e. The average Bonchev–Trinajstić information content (AvgIpc) is 3.40. The number of unbranched alkanes of at least 4 members (excludes halogenated alkanes) is 2. The van der Waals surface area contributed by atoms with E-state index in [-0.39, 0.29) is 5.78 Å². The van der Waals surface area contributed by atoms with Crippen LogP contribution >= 0.6 is 0 Å². The molecule has 0 fully saturated rings. The zero-order valence-electron chi connectivity index (χ0n) is 23.2. The Morgan fingerprint density at radius 1 is 0.775 bits per heavy atom. The van der Waals surface area contributed by atoms with Gasteiger partial charge < -0.3 is 14.1 Å². The summed E-state index contributed by atoms with van der Waals surface area (Å²) in [5, 5.41) is 0.821. The highest BCUT2D eigenvalue weighted by atomic mass is 16.5. The Morgan fingerprint density at radius 3 is 2.12 bits per heavy atom. The monoisotopic (exact) mass is 529 g/mol. The fourth-order valence-electron chi connectivity index (χ4n) is 5.85. The highest BCUT2D eigenvalue weighted by molar-refractivity contribution is 6.19. The van der Waals surface area contributed by atoms with Gasteiger partial charge in [-0.25, -0.2) is 0 Å². The van der Waals surface area contributed by atoms with E-state index in [2.05, 4.69) is 49.1 Å². The number of hydrogen-bond acceptors (Lipinski definition) is 4. The van der Waals surface area contributed by atoms with Crippen molar-refractivity contribution in [3.63, 3.8) is 0 Å². The molecular formula is C36H35NO3. The van der Waals surface area contributed by atoms with Crippen LogP contribution in [0.4, 0.5) is 5.69 Å². The van der Waals surface area contributed by atoms with E-state index >= 15 is 0 Å². The van der Waals surface area contributed by atoms with E-state index in [1.807, 2.05) is 72.8 Å². The van der Waals surface area contributed by atoms with E-state index in [0.29, 0.717) is 28.2 Å². The predicted octanol–water partition coefficient (Wildman–Crippen LogP) is 8.75. The zero-order valence-corrected chi connectivity index (χ0v) is 23.2. The number of ether oxygens (including phenoxy) is 1. The molecule has 0 saturated carbocycles. The van der Waals surface area contributed by atoms with Gasteiger partial charge in [0.1, 0.15) is 11.3 Å². The van der Waals surface area contributed by atoms with Gasteiger partial charge in [-0.3, -0.25) is 4.79 Å². The van der Waals surface area contributed by atoms with Crippen LogP contribution in [-0.2, 0) is 5.60 Å². The molecule has 1 aliphatic carbocycles. The van der Waals surface area contributed by atoms with Crippen LogP contribution in [0.5, 0.6) is 5.75 Å². The van der Waals surface area contributed by atoms with E-state index in [1.165, 1.54) is 0 Å². The van der Waals surface area contributed by atoms with Crippen molar-refractivity contribution in [1.29, 1.82) is 0 Å². The first-order valence-electron chi connectivity index (χ1n) is 14.4. The molecule has 1 atom stereocenters. The maximum absolute atomic E-state index is 14.1. The van der Waals surface area contributed by atoms with Crippen LogP contribution in [0.15, 0.2) is 108 Å². The van der Waals surface area contributed by atoms with Crippen LogP contribution in [0, 0.1) is 0 Å². The molecule has 4 aromatic carbocycles. The smallest absolute Gasteiger partial charge is 0.218 e. The molecule has 0 amide bonds.